The van der Waals surface area contributed by atoms with Crippen molar-refractivity contribution in [3.63, 3.8) is 0 Å². The highest BCUT2D eigenvalue weighted by atomic mass is 16.5. The first-order valence-corrected chi connectivity index (χ1v) is 5.47. The molecule has 0 aromatic carbocycles. The maximum atomic E-state index is 5.32. The van der Waals surface area contributed by atoms with Crippen molar-refractivity contribution in [3.8, 4) is 0 Å². The van der Waals surface area contributed by atoms with Crippen molar-refractivity contribution in [1.29, 1.82) is 0 Å². The van der Waals surface area contributed by atoms with Gasteiger partial charge in [-0.2, -0.15) is 0 Å². The summed E-state index contributed by atoms with van der Waals surface area (Å²) in [6.07, 6.45) is 5.86. The lowest BCUT2D eigenvalue weighted by Crippen LogP contribution is -2.36. The molecule has 0 N–H and O–H groups in total. The Bertz CT molecular complexity index is 502. The van der Waals surface area contributed by atoms with Gasteiger partial charge in [0.25, 0.3) is 0 Å². The van der Waals surface area contributed by atoms with Crippen LogP contribution in [0.4, 0.5) is 5.82 Å². The van der Waals surface area contributed by atoms with E-state index in [1.165, 1.54) is 0 Å². The molecule has 0 spiro atoms. The van der Waals surface area contributed by atoms with Crippen molar-refractivity contribution in [2.24, 2.45) is 0 Å². The van der Waals surface area contributed by atoms with Crippen LogP contribution in [0.25, 0.3) is 5.65 Å². The van der Waals surface area contributed by atoms with Crippen molar-refractivity contribution in [3.05, 3.63) is 24.3 Å². The summed E-state index contributed by atoms with van der Waals surface area (Å²) in [5.41, 5.74) is 1.91. The second-order valence-electron chi connectivity index (χ2n) is 3.99. The van der Waals surface area contributed by atoms with Gasteiger partial charge in [0.05, 0.1) is 31.3 Å². The number of hydrogen-bond donors (Lipinski definition) is 0. The quantitative estimate of drug-likeness (QED) is 0.712. The Balaban J connectivity index is 1.97. The monoisotopic (exact) mass is 218 g/mol. The number of imidazole rings is 1. The lowest BCUT2D eigenvalue weighted by Gasteiger charge is -2.27. The zero-order chi connectivity index (χ0) is 11.0. The van der Waals surface area contributed by atoms with E-state index in [1.54, 1.807) is 0 Å². The van der Waals surface area contributed by atoms with Gasteiger partial charge in [-0.15, -0.1) is 0 Å². The first-order chi connectivity index (χ1) is 7.83. The Morgan fingerprint density at radius 3 is 2.88 bits per heavy atom. The number of morpholine rings is 1. The van der Waals surface area contributed by atoms with E-state index in [9.17, 15) is 0 Å². The molecule has 0 unspecified atom stereocenters. The Morgan fingerprint density at radius 2 is 2.06 bits per heavy atom. The van der Waals surface area contributed by atoms with Gasteiger partial charge in [-0.3, -0.25) is 0 Å². The van der Waals surface area contributed by atoms with E-state index in [2.05, 4.69) is 14.9 Å². The summed E-state index contributed by atoms with van der Waals surface area (Å²) in [4.78, 5) is 11.0. The van der Waals surface area contributed by atoms with Gasteiger partial charge in [-0.1, -0.05) is 0 Å². The van der Waals surface area contributed by atoms with E-state index < -0.39 is 0 Å². The summed E-state index contributed by atoms with van der Waals surface area (Å²) >= 11 is 0. The third-order valence-electron chi connectivity index (χ3n) is 2.78. The number of ether oxygens (including phenoxy) is 1. The topological polar surface area (TPSA) is 42.7 Å². The third kappa shape index (κ3) is 1.63. The van der Waals surface area contributed by atoms with E-state index in [0.717, 1.165) is 43.5 Å². The largest absolute Gasteiger partial charge is 0.378 e. The molecule has 16 heavy (non-hydrogen) atoms. The van der Waals surface area contributed by atoms with Crippen LogP contribution in [-0.2, 0) is 4.74 Å². The average molecular weight is 218 g/mol. The van der Waals surface area contributed by atoms with Crippen molar-refractivity contribution < 1.29 is 4.74 Å². The highest BCUT2D eigenvalue weighted by molar-refractivity contribution is 5.45. The Hall–Kier alpha value is -1.62. The fraction of sp³-hybridized carbons (Fsp3) is 0.455. The second kappa shape index (κ2) is 3.75. The molecule has 2 aromatic heterocycles. The second-order valence-corrected chi connectivity index (χ2v) is 3.99. The molecule has 1 aliphatic rings. The number of anilines is 1. The van der Waals surface area contributed by atoms with Gasteiger partial charge in [0.2, 0.25) is 0 Å². The van der Waals surface area contributed by atoms with Gasteiger partial charge >= 0.3 is 0 Å². The van der Waals surface area contributed by atoms with Crippen LogP contribution in [0.15, 0.2) is 18.6 Å². The molecule has 5 nitrogen and oxygen atoms in total. The van der Waals surface area contributed by atoms with Crippen LogP contribution < -0.4 is 4.90 Å². The number of rotatable bonds is 1. The van der Waals surface area contributed by atoms with E-state index in [1.807, 2.05) is 29.9 Å². The number of aryl methyl sites for hydroxylation is 1. The van der Waals surface area contributed by atoms with E-state index >= 15 is 0 Å². The van der Waals surface area contributed by atoms with Gasteiger partial charge in [0.1, 0.15) is 5.82 Å². The van der Waals surface area contributed by atoms with E-state index in [0.29, 0.717) is 0 Å². The van der Waals surface area contributed by atoms with Gasteiger partial charge in [0, 0.05) is 19.3 Å². The predicted molar refractivity (Wildman–Crippen MR) is 60.8 cm³/mol. The number of fused-ring (bicyclic) bond motifs is 1. The van der Waals surface area contributed by atoms with Gasteiger partial charge in [0.15, 0.2) is 5.65 Å². The van der Waals surface area contributed by atoms with Crippen LogP contribution in [0.3, 0.4) is 0 Å². The van der Waals surface area contributed by atoms with Crippen molar-refractivity contribution in [2.75, 3.05) is 31.2 Å². The van der Waals surface area contributed by atoms with Gasteiger partial charge in [-0.05, 0) is 6.92 Å². The first-order valence-electron chi connectivity index (χ1n) is 5.47. The van der Waals surface area contributed by atoms with E-state index in [4.69, 9.17) is 4.74 Å². The zero-order valence-electron chi connectivity index (χ0n) is 9.26. The fourth-order valence-corrected chi connectivity index (χ4v) is 1.97. The lowest BCUT2D eigenvalue weighted by atomic mass is 10.4. The van der Waals surface area contributed by atoms with Crippen LogP contribution in [0.1, 0.15) is 5.69 Å². The molecule has 1 saturated heterocycles. The molecule has 0 saturated carbocycles. The highest BCUT2D eigenvalue weighted by Crippen LogP contribution is 2.13. The third-order valence-corrected chi connectivity index (χ3v) is 2.78. The summed E-state index contributed by atoms with van der Waals surface area (Å²) in [7, 11) is 0. The molecule has 3 rings (SSSR count). The minimum atomic E-state index is 0.780. The SMILES string of the molecule is Cc1cn2cc(N3CCOCC3)ncc2n1. The summed E-state index contributed by atoms with van der Waals surface area (Å²) in [5, 5.41) is 0. The van der Waals surface area contributed by atoms with Crippen LogP contribution in [0.5, 0.6) is 0 Å². The normalized spacial score (nSPS) is 16.9. The first kappa shape index (κ1) is 9.59. The van der Waals surface area contributed by atoms with Crippen molar-refractivity contribution in [2.45, 2.75) is 6.92 Å². The van der Waals surface area contributed by atoms with Crippen LogP contribution in [0.2, 0.25) is 0 Å². The molecule has 1 aliphatic heterocycles. The van der Waals surface area contributed by atoms with Crippen LogP contribution in [0, 0.1) is 6.92 Å². The van der Waals surface area contributed by atoms with Gasteiger partial charge < -0.3 is 14.0 Å². The molecule has 0 atom stereocenters. The maximum Gasteiger partial charge on any atom is 0.155 e. The maximum absolute atomic E-state index is 5.32. The summed E-state index contributed by atoms with van der Waals surface area (Å²) in [6.45, 7) is 5.37. The lowest BCUT2D eigenvalue weighted by molar-refractivity contribution is 0.122. The molecule has 0 bridgehead atoms. The Morgan fingerprint density at radius 1 is 1.25 bits per heavy atom. The molecule has 2 aromatic rings. The summed E-state index contributed by atoms with van der Waals surface area (Å²) < 4.78 is 7.35. The molecule has 3 heterocycles. The zero-order valence-corrected chi connectivity index (χ0v) is 9.26. The minimum Gasteiger partial charge on any atom is -0.378 e. The molecule has 0 radical (unpaired) electrons. The standard InChI is InChI=1S/C11H14N4O/c1-9-7-15-8-11(12-6-10(15)13-9)14-2-4-16-5-3-14/h6-8H,2-5H2,1H3. The highest BCUT2D eigenvalue weighted by Gasteiger charge is 2.12. The number of aromatic nitrogens is 3. The molecule has 1 fully saturated rings. The average Bonchev–Trinajstić information content (AvgIpc) is 2.69. The van der Waals surface area contributed by atoms with Crippen LogP contribution >= 0.6 is 0 Å². The molecule has 0 amide bonds. The molecule has 5 heteroatoms. The Labute approximate surface area is 93.7 Å². The van der Waals surface area contributed by atoms with Crippen molar-refractivity contribution >= 4 is 11.5 Å². The summed E-state index contributed by atoms with van der Waals surface area (Å²) in [5.74, 6) is 0.994. The number of hydrogen-bond acceptors (Lipinski definition) is 4. The Kier molecular flexibility index (Phi) is 2.25. The van der Waals surface area contributed by atoms with Crippen molar-refractivity contribution in [1.82, 2.24) is 14.4 Å². The van der Waals surface area contributed by atoms with E-state index in [-0.39, 0.29) is 0 Å². The summed E-state index contributed by atoms with van der Waals surface area (Å²) in [6, 6.07) is 0. The smallest absolute Gasteiger partial charge is 0.155 e. The van der Waals surface area contributed by atoms with Crippen LogP contribution in [-0.4, -0.2) is 40.7 Å². The minimum absolute atomic E-state index is 0.780. The molecular formula is C11H14N4O. The number of nitrogens with zero attached hydrogens (tertiary/aromatic N) is 4. The van der Waals surface area contributed by atoms with Gasteiger partial charge in [-0.25, -0.2) is 9.97 Å². The fourth-order valence-electron chi connectivity index (χ4n) is 1.97. The molecular weight excluding hydrogens is 204 g/mol. The molecule has 0 aliphatic carbocycles. The molecule has 84 valence electrons. The predicted octanol–water partition coefficient (Wildman–Crippen LogP) is 0.874.